The highest BCUT2D eigenvalue weighted by atomic mass is 16.5. The number of phenols is 1. The van der Waals surface area contributed by atoms with Gasteiger partial charge < -0.3 is 15.2 Å². The van der Waals surface area contributed by atoms with Gasteiger partial charge in [-0.15, -0.1) is 0 Å². The van der Waals surface area contributed by atoms with Crippen LogP contribution in [0.25, 0.3) is 6.08 Å². The molecule has 1 amide bonds. The Balaban J connectivity index is 1.82. The van der Waals surface area contributed by atoms with Crippen LogP contribution in [0.4, 0.5) is 5.69 Å². The van der Waals surface area contributed by atoms with Gasteiger partial charge in [0.25, 0.3) is 5.91 Å². The van der Waals surface area contributed by atoms with Gasteiger partial charge in [-0.05, 0) is 36.8 Å². The number of phenolic OH excluding ortho intramolecular Hbond substituents is 1. The van der Waals surface area contributed by atoms with E-state index in [0.29, 0.717) is 11.3 Å². The van der Waals surface area contributed by atoms with Crippen LogP contribution in [-0.2, 0) is 4.79 Å². The van der Waals surface area contributed by atoms with Crippen LogP contribution in [0.2, 0.25) is 0 Å². The van der Waals surface area contributed by atoms with E-state index in [4.69, 9.17) is 4.74 Å². The molecule has 0 aromatic heterocycles. The molecule has 0 bridgehead atoms. The zero-order valence-corrected chi connectivity index (χ0v) is 11.6. The molecule has 1 heterocycles. The number of hydrogen-bond donors (Lipinski definition) is 2. The van der Waals surface area contributed by atoms with Crippen molar-refractivity contribution in [3.63, 3.8) is 0 Å². The Morgan fingerprint density at radius 3 is 2.86 bits per heavy atom. The lowest BCUT2D eigenvalue weighted by molar-refractivity contribution is -0.113. The van der Waals surface area contributed by atoms with Crippen LogP contribution >= 0.6 is 0 Å². The second kappa shape index (κ2) is 5.32. The Labute approximate surface area is 122 Å². The van der Waals surface area contributed by atoms with Crippen LogP contribution in [0.5, 0.6) is 11.5 Å². The third-order valence-electron chi connectivity index (χ3n) is 3.33. The minimum absolute atomic E-state index is 0.0566. The second-order valence-electron chi connectivity index (χ2n) is 4.97. The van der Waals surface area contributed by atoms with E-state index in [1.54, 1.807) is 18.2 Å². The summed E-state index contributed by atoms with van der Waals surface area (Å²) in [4.78, 5) is 12.2. The van der Waals surface area contributed by atoms with Gasteiger partial charge >= 0.3 is 0 Å². The Morgan fingerprint density at radius 1 is 1.24 bits per heavy atom. The molecule has 1 aliphatic rings. The molecule has 2 aromatic rings. The summed E-state index contributed by atoms with van der Waals surface area (Å²) in [5.74, 6) is 0.553. The summed E-state index contributed by atoms with van der Waals surface area (Å²) in [6, 6.07) is 12.7. The number of para-hydroxylation sites is 1. The van der Waals surface area contributed by atoms with E-state index in [2.05, 4.69) is 5.32 Å². The van der Waals surface area contributed by atoms with Crippen LogP contribution in [-0.4, -0.2) is 17.6 Å². The molecule has 106 valence electrons. The van der Waals surface area contributed by atoms with Gasteiger partial charge in [0.05, 0.1) is 11.3 Å². The number of benzene rings is 2. The molecule has 2 N–H and O–H groups in total. The maximum absolute atomic E-state index is 12.2. The number of aryl methyl sites for hydroxylation is 1. The monoisotopic (exact) mass is 281 g/mol. The molecule has 0 saturated heterocycles. The van der Waals surface area contributed by atoms with Crippen molar-refractivity contribution in [2.75, 3.05) is 11.9 Å². The van der Waals surface area contributed by atoms with Gasteiger partial charge in [0, 0.05) is 5.56 Å². The van der Waals surface area contributed by atoms with E-state index < -0.39 is 0 Å². The number of ether oxygens (including phenoxy) is 1. The number of carbonyl (C=O) groups is 1. The van der Waals surface area contributed by atoms with Gasteiger partial charge in [-0.3, -0.25) is 4.79 Å². The quantitative estimate of drug-likeness (QED) is 0.831. The van der Waals surface area contributed by atoms with Crippen LogP contribution in [0.1, 0.15) is 11.1 Å². The van der Waals surface area contributed by atoms with Crippen molar-refractivity contribution in [1.82, 2.24) is 0 Å². The molecule has 0 aliphatic carbocycles. The molecule has 21 heavy (non-hydrogen) atoms. The first-order valence-electron chi connectivity index (χ1n) is 6.67. The normalized spacial score (nSPS) is 12.9. The molecule has 1 aliphatic heterocycles. The van der Waals surface area contributed by atoms with E-state index in [1.165, 1.54) is 0 Å². The van der Waals surface area contributed by atoms with Gasteiger partial charge in [0.15, 0.2) is 0 Å². The van der Waals surface area contributed by atoms with E-state index in [0.717, 1.165) is 16.9 Å². The van der Waals surface area contributed by atoms with Crippen LogP contribution in [0.3, 0.4) is 0 Å². The highest BCUT2D eigenvalue weighted by Gasteiger charge is 2.17. The number of nitrogens with one attached hydrogen (secondary N) is 1. The van der Waals surface area contributed by atoms with Crippen molar-refractivity contribution in [2.24, 2.45) is 0 Å². The molecular weight excluding hydrogens is 266 g/mol. The predicted octanol–water partition coefficient (Wildman–Crippen LogP) is 3.12. The van der Waals surface area contributed by atoms with Gasteiger partial charge in [-0.1, -0.05) is 24.3 Å². The molecular formula is C17H15NO3. The summed E-state index contributed by atoms with van der Waals surface area (Å²) < 4.78 is 5.55. The van der Waals surface area contributed by atoms with Crippen LogP contribution in [0.15, 0.2) is 48.0 Å². The van der Waals surface area contributed by atoms with Gasteiger partial charge in [-0.25, -0.2) is 0 Å². The van der Waals surface area contributed by atoms with Crippen LogP contribution < -0.4 is 10.1 Å². The molecule has 4 nitrogen and oxygen atoms in total. The number of aromatic hydroxyl groups is 1. The smallest absolute Gasteiger partial charge is 0.255 e. The highest BCUT2D eigenvalue weighted by Crippen LogP contribution is 2.28. The first kappa shape index (κ1) is 13.2. The second-order valence-corrected chi connectivity index (χ2v) is 4.97. The number of fused-ring (bicyclic) bond motifs is 1. The summed E-state index contributed by atoms with van der Waals surface area (Å²) in [6.45, 7) is 2.09. The number of anilines is 1. The van der Waals surface area contributed by atoms with Crippen molar-refractivity contribution in [3.8, 4) is 11.5 Å². The number of carbonyl (C=O) groups excluding carboxylic acids is 1. The van der Waals surface area contributed by atoms with E-state index >= 15 is 0 Å². The van der Waals surface area contributed by atoms with Crippen molar-refractivity contribution in [1.29, 1.82) is 0 Å². The lowest BCUT2D eigenvalue weighted by Gasteiger charge is -2.17. The third kappa shape index (κ3) is 2.74. The standard InChI is InChI=1S/C17H15NO3/c1-11-6-7-14(15(19)8-11)18-17(20)13-9-12-4-2-3-5-16(12)21-10-13/h2-9,19H,10H2,1H3,(H,18,20). The van der Waals surface area contributed by atoms with Gasteiger partial charge in [-0.2, -0.15) is 0 Å². The fourth-order valence-corrected chi connectivity index (χ4v) is 2.20. The largest absolute Gasteiger partial charge is 0.506 e. The maximum Gasteiger partial charge on any atom is 0.255 e. The Hall–Kier alpha value is -2.75. The van der Waals surface area contributed by atoms with Crippen molar-refractivity contribution >= 4 is 17.7 Å². The fraction of sp³-hybridized carbons (Fsp3) is 0.118. The summed E-state index contributed by atoms with van der Waals surface area (Å²) >= 11 is 0. The molecule has 0 atom stereocenters. The zero-order chi connectivity index (χ0) is 14.8. The fourth-order valence-electron chi connectivity index (χ4n) is 2.20. The molecule has 2 aromatic carbocycles. The highest BCUT2D eigenvalue weighted by molar-refractivity contribution is 6.08. The van der Waals surface area contributed by atoms with E-state index in [1.807, 2.05) is 37.3 Å². The zero-order valence-electron chi connectivity index (χ0n) is 11.6. The molecule has 4 heteroatoms. The SMILES string of the molecule is Cc1ccc(NC(=O)C2=Cc3ccccc3OC2)c(O)c1. The molecule has 0 fully saturated rings. The lowest BCUT2D eigenvalue weighted by Crippen LogP contribution is -2.21. The molecule has 0 radical (unpaired) electrons. The summed E-state index contributed by atoms with van der Waals surface area (Å²) in [7, 11) is 0. The third-order valence-corrected chi connectivity index (χ3v) is 3.33. The van der Waals surface area contributed by atoms with Gasteiger partial charge in [0.1, 0.15) is 18.1 Å². The summed E-state index contributed by atoms with van der Waals surface area (Å²) in [5.41, 5.74) is 2.72. The predicted molar refractivity (Wildman–Crippen MR) is 81.4 cm³/mol. The maximum atomic E-state index is 12.2. The minimum atomic E-state index is -0.274. The Morgan fingerprint density at radius 2 is 2.05 bits per heavy atom. The first-order chi connectivity index (χ1) is 10.1. The average Bonchev–Trinajstić information content (AvgIpc) is 2.49. The molecule has 3 rings (SSSR count). The lowest BCUT2D eigenvalue weighted by atomic mass is 10.1. The van der Waals surface area contributed by atoms with Crippen molar-refractivity contribution in [3.05, 3.63) is 59.2 Å². The summed E-state index contributed by atoms with van der Waals surface area (Å²) in [5, 5.41) is 12.5. The van der Waals surface area contributed by atoms with Crippen LogP contribution in [0, 0.1) is 6.92 Å². The topological polar surface area (TPSA) is 58.6 Å². The van der Waals surface area contributed by atoms with E-state index in [-0.39, 0.29) is 18.3 Å². The van der Waals surface area contributed by atoms with Crippen molar-refractivity contribution in [2.45, 2.75) is 6.92 Å². The average molecular weight is 281 g/mol. The van der Waals surface area contributed by atoms with E-state index in [9.17, 15) is 9.90 Å². The molecule has 0 spiro atoms. The summed E-state index contributed by atoms with van der Waals surface area (Å²) in [6.07, 6.45) is 1.80. The number of hydrogen-bond acceptors (Lipinski definition) is 3. The minimum Gasteiger partial charge on any atom is -0.506 e. The van der Waals surface area contributed by atoms with Gasteiger partial charge in [0.2, 0.25) is 0 Å². The molecule has 0 saturated carbocycles. The number of amides is 1. The molecule has 0 unspecified atom stereocenters. The number of rotatable bonds is 2. The first-order valence-corrected chi connectivity index (χ1v) is 6.67. The Bertz CT molecular complexity index is 735. The van der Waals surface area contributed by atoms with Crippen molar-refractivity contribution < 1.29 is 14.6 Å². The Kier molecular flexibility index (Phi) is 3.36.